The number of likely N-dealkylation sites (N-methyl/N-ethyl adjacent to an activating group) is 1. The molecule has 0 aliphatic rings. The van der Waals surface area contributed by atoms with Crippen molar-refractivity contribution in [2.45, 2.75) is 33.7 Å². The van der Waals surface area contributed by atoms with Crippen LogP contribution in [0.1, 0.15) is 23.9 Å². The maximum atomic E-state index is 11.5. The molecule has 1 N–H and O–H groups in total. The van der Waals surface area contributed by atoms with Crippen molar-refractivity contribution in [3.05, 3.63) is 17.0 Å². The quantitative estimate of drug-likeness (QED) is 0.794. The van der Waals surface area contributed by atoms with Crippen molar-refractivity contribution < 1.29 is 8.42 Å². The lowest BCUT2D eigenvalue weighted by atomic mass is 10.1. The predicted octanol–water partition coefficient (Wildman–Crippen LogP) is 0.697. The number of hydrogen-bond acceptors (Lipinski definition) is 4. The largest absolute Gasteiger partial charge is 0.319 e. The zero-order chi connectivity index (χ0) is 13.8. The van der Waals surface area contributed by atoms with Crippen LogP contribution >= 0.6 is 0 Å². The van der Waals surface area contributed by atoms with E-state index in [1.165, 1.54) is 5.56 Å². The molecular weight excluding hydrogens is 250 g/mol. The van der Waals surface area contributed by atoms with Crippen LogP contribution in [0.4, 0.5) is 0 Å². The van der Waals surface area contributed by atoms with Gasteiger partial charge in [0.15, 0.2) is 9.84 Å². The Hall–Kier alpha value is -0.880. The molecule has 0 amide bonds. The molecule has 0 unspecified atom stereocenters. The number of hydrogen-bond donors (Lipinski definition) is 1. The van der Waals surface area contributed by atoms with Crippen molar-refractivity contribution in [2.24, 2.45) is 0 Å². The standard InChI is InChI=1S/C12H23N3O2S/c1-5-18(16,17)9-8-15-11(3)12(6-7-13-4)10(2)14-15/h13H,5-9H2,1-4H3. The highest BCUT2D eigenvalue weighted by Gasteiger charge is 2.13. The van der Waals surface area contributed by atoms with E-state index < -0.39 is 9.84 Å². The summed E-state index contributed by atoms with van der Waals surface area (Å²) in [5.74, 6) is 0.357. The summed E-state index contributed by atoms with van der Waals surface area (Å²) >= 11 is 0. The molecule has 1 heterocycles. The van der Waals surface area contributed by atoms with Gasteiger partial charge in [-0.3, -0.25) is 4.68 Å². The van der Waals surface area contributed by atoms with E-state index in [-0.39, 0.29) is 11.5 Å². The van der Waals surface area contributed by atoms with E-state index in [9.17, 15) is 8.42 Å². The number of aromatic nitrogens is 2. The first-order valence-electron chi connectivity index (χ1n) is 6.29. The fraction of sp³-hybridized carbons (Fsp3) is 0.750. The molecule has 0 saturated carbocycles. The minimum atomic E-state index is -2.93. The molecule has 0 radical (unpaired) electrons. The van der Waals surface area contributed by atoms with E-state index in [2.05, 4.69) is 10.4 Å². The summed E-state index contributed by atoms with van der Waals surface area (Å²) < 4.78 is 24.8. The Morgan fingerprint density at radius 1 is 1.33 bits per heavy atom. The average molecular weight is 273 g/mol. The minimum absolute atomic E-state index is 0.164. The summed E-state index contributed by atoms with van der Waals surface area (Å²) in [4.78, 5) is 0. The Labute approximate surface area is 109 Å². The van der Waals surface area contributed by atoms with E-state index in [1.807, 2.05) is 25.6 Å². The molecule has 104 valence electrons. The van der Waals surface area contributed by atoms with Crippen LogP contribution in [0.15, 0.2) is 0 Å². The molecule has 0 aliphatic heterocycles. The third-order valence-electron chi connectivity index (χ3n) is 3.21. The molecule has 1 aromatic rings. The fourth-order valence-corrected chi connectivity index (χ4v) is 2.67. The van der Waals surface area contributed by atoms with Gasteiger partial charge in [0.2, 0.25) is 0 Å². The minimum Gasteiger partial charge on any atom is -0.319 e. The zero-order valence-corrected chi connectivity index (χ0v) is 12.5. The van der Waals surface area contributed by atoms with E-state index in [0.717, 1.165) is 24.4 Å². The normalized spacial score (nSPS) is 12.0. The molecule has 0 spiro atoms. The molecule has 0 aromatic carbocycles. The second-order valence-corrected chi connectivity index (χ2v) is 6.94. The lowest BCUT2D eigenvalue weighted by Gasteiger charge is -2.05. The zero-order valence-electron chi connectivity index (χ0n) is 11.7. The molecule has 5 nitrogen and oxygen atoms in total. The highest BCUT2D eigenvalue weighted by atomic mass is 32.2. The molecule has 0 fully saturated rings. The van der Waals surface area contributed by atoms with Crippen molar-refractivity contribution in [2.75, 3.05) is 25.1 Å². The van der Waals surface area contributed by atoms with Gasteiger partial charge in [0, 0.05) is 11.4 Å². The van der Waals surface area contributed by atoms with Crippen molar-refractivity contribution in [3.8, 4) is 0 Å². The Morgan fingerprint density at radius 3 is 2.56 bits per heavy atom. The Kier molecular flexibility index (Phi) is 5.34. The number of nitrogens with zero attached hydrogens (tertiary/aromatic N) is 2. The van der Waals surface area contributed by atoms with Gasteiger partial charge in [0.25, 0.3) is 0 Å². The topological polar surface area (TPSA) is 64.0 Å². The third kappa shape index (κ3) is 3.81. The van der Waals surface area contributed by atoms with E-state index >= 15 is 0 Å². The van der Waals surface area contributed by atoms with Gasteiger partial charge in [-0.25, -0.2) is 8.42 Å². The maximum Gasteiger partial charge on any atom is 0.151 e. The second-order valence-electron chi connectivity index (χ2n) is 4.46. The molecule has 1 aromatic heterocycles. The lowest BCUT2D eigenvalue weighted by Crippen LogP contribution is -2.16. The van der Waals surface area contributed by atoms with Crippen LogP contribution in [0, 0.1) is 13.8 Å². The summed E-state index contributed by atoms with van der Waals surface area (Å²) in [7, 11) is -1.01. The molecule has 0 atom stereocenters. The summed E-state index contributed by atoms with van der Waals surface area (Å²) in [6.07, 6.45) is 0.925. The molecular formula is C12H23N3O2S. The summed E-state index contributed by atoms with van der Waals surface area (Å²) in [6, 6.07) is 0. The molecule has 6 heteroatoms. The fourth-order valence-electron chi connectivity index (χ4n) is 1.93. The van der Waals surface area contributed by atoms with Gasteiger partial charge < -0.3 is 5.32 Å². The van der Waals surface area contributed by atoms with Crippen molar-refractivity contribution in [3.63, 3.8) is 0 Å². The molecule has 1 rings (SSSR count). The van der Waals surface area contributed by atoms with E-state index in [0.29, 0.717) is 6.54 Å². The average Bonchev–Trinajstić information content (AvgIpc) is 2.60. The summed E-state index contributed by atoms with van der Waals surface area (Å²) in [5, 5.41) is 7.54. The highest BCUT2D eigenvalue weighted by molar-refractivity contribution is 7.91. The monoisotopic (exact) mass is 273 g/mol. The number of sulfone groups is 1. The van der Waals surface area contributed by atoms with Crippen molar-refractivity contribution in [1.82, 2.24) is 15.1 Å². The van der Waals surface area contributed by atoms with Crippen LogP contribution in [0.5, 0.6) is 0 Å². The van der Waals surface area contributed by atoms with Crippen LogP contribution < -0.4 is 5.32 Å². The van der Waals surface area contributed by atoms with Gasteiger partial charge in [0.05, 0.1) is 18.0 Å². The van der Waals surface area contributed by atoms with Crippen LogP contribution in [-0.2, 0) is 22.8 Å². The Balaban J connectivity index is 2.79. The van der Waals surface area contributed by atoms with Gasteiger partial charge in [0.1, 0.15) is 0 Å². The van der Waals surface area contributed by atoms with E-state index in [1.54, 1.807) is 6.92 Å². The van der Waals surface area contributed by atoms with Gasteiger partial charge in [-0.15, -0.1) is 0 Å². The molecule has 18 heavy (non-hydrogen) atoms. The van der Waals surface area contributed by atoms with Gasteiger partial charge in [-0.1, -0.05) is 6.92 Å². The smallest absolute Gasteiger partial charge is 0.151 e. The predicted molar refractivity (Wildman–Crippen MR) is 73.7 cm³/mol. The first-order valence-corrected chi connectivity index (χ1v) is 8.11. The third-order valence-corrected chi connectivity index (χ3v) is 4.89. The van der Waals surface area contributed by atoms with Crippen LogP contribution in [-0.4, -0.2) is 43.3 Å². The molecule has 0 bridgehead atoms. The van der Waals surface area contributed by atoms with Crippen LogP contribution in [0.25, 0.3) is 0 Å². The summed E-state index contributed by atoms with van der Waals surface area (Å²) in [6.45, 7) is 7.00. The van der Waals surface area contributed by atoms with Gasteiger partial charge >= 0.3 is 0 Å². The van der Waals surface area contributed by atoms with Gasteiger partial charge in [-0.2, -0.15) is 5.10 Å². The summed E-state index contributed by atoms with van der Waals surface area (Å²) in [5.41, 5.74) is 3.30. The van der Waals surface area contributed by atoms with Crippen LogP contribution in [0.3, 0.4) is 0 Å². The van der Waals surface area contributed by atoms with Crippen molar-refractivity contribution >= 4 is 9.84 Å². The first-order chi connectivity index (χ1) is 8.41. The Bertz CT molecular complexity index is 492. The SMILES string of the molecule is CCS(=O)(=O)CCn1nc(C)c(CCNC)c1C. The maximum absolute atomic E-state index is 11.5. The van der Waals surface area contributed by atoms with Crippen LogP contribution in [0.2, 0.25) is 0 Å². The lowest BCUT2D eigenvalue weighted by molar-refractivity contribution is 0.577. The number of aryl methyl sites for hydroxylation is 2. The van der Waals surface area contributed by atoms with Gasteiger partial charge in [-0.05, 0) is 39.4 Å². The molecule has 0 saturated heterocycles. The first kappa shape index (κ1) is 15.2. The Morgan fingerprint density at radius 2 is 2.00 bits per heavy atom. The van der Waals surface area contributed by atoms with E-state index in [4.69, 9.17) is 0 Å². The van der Waals surface area contributed by atoms with Crippen molar-refractivity contribution in [1.29, 1.82) is 0 Å². The molecule has 0 aliphatic carbocycles. The number of nitrogens with one attached hydrogen (secondary N) is 1. The number of rotatable bonds is 7. The second kappa shape index (κ2) is 6.33. The highest BCUT2D eigenvalue weighted by Crippen LogP contribution is 2.13.